The first-order chi connectivity index (χ1) is 12.4. The van der Waals surface area contributed by atoms with Gasteiger partial charge in [-0.1, -0.05) is 90.5 Å². The summed E-state index contributed by atoms with van der Waals surface area (Å²) < 4.78 is 28.4. The van der Waals surface area contributed by atoms with Crippen LogP contribution in [-0.4, -0.2) is 8.42 Å². The number of alkyl halides is 1. The van der Waals surface area contributed by atoms with Crippen molar-refractivity contribution in [3.63, 3.8) is 0 Å². The average Bonchev–Trinajstić information content (AvgIpc) is 2.69. The van der Waals surface area contributed by atoms with Gasteiger partial charge in [0.25, 0.3) is 0 Å². The first-order valence-corrected chi connectivity index (χ1v) is 9.93. The third-order valence-electron chi connectivity index (χ3n) is 4.12. The fourth-order valence-corrected chi connectivity index (χ4v) is 4.55. The van der Waals surface area contributed by atoms with Crippen LogP contribution in [0.25, 0.3) is 0 Å². The van der Waals surface area contributed by atoms with Crippen LogP contribution in [0.15, 0.2) is 95.9 Å². The highest BCUT2D eigenvalue weighted by atomic mass is 35.5. The predicted molar refractivity (Wildman–Crippen MR) is 104 cm³/mol. The van der Waals surface area contributed by atoms with E-state index in [2.05, 4.69) is 4.72 Å². The van der Waals surface area contributed by atoms with Crippen LogP contribution in [0.3, 0.4) is 0 Å². The van der Waals surface area contributed by atoms with E-state index in [0.29, 0.717) is 5.56 Å². The molecule has 26 heavy (non-hydrogen) atoms. The van der Waals surface area contributed by atoms with Crippen molar-refractivity contribution in [2.45, 2.75) is 15.9 Å². The summed E-state index contributed by atoms with van der Waals surface area (Å²) in [6, 6.07) is 25.4. The molecule has 134 valence electrons. The monoisotopic (exact) mass is 386 g/mol. The Morgan fingerprint density at radius 1 is 0.808 bits per heavy atom. The fraction of sp³-hybridized carbons (Fsp3) is 0.100. The lowest BCUT2D eigenvalue weighted by atomic mass is 9.94. The zero-order valence-corrected chi connectivity index (χ0v) is 15.5. The molecule has 0 spiro atoms. The molecule has 3 aromatic carbocycles. The van der Waals surface area contributed by atoms with Crippen LogP contribution in [0.4, 0.5) is 0 Å². The molecule has 0 radical (unpaired) electrons. The molecule has 0 aliphatic rings. The van der Waals surface area contributed by atoms with Crippen LogP contribution < -0.4 is 10.5 Å². The molecule has 0 bridgehead atoms. The Bertz CT molecular complexity index is 951. The van der Waals surface area contributed by atoms with Gasteiger partial charge in [0.1, 0.15) is 0 Å². The van der Waals surface area contributed by atoms with Gasteiger partial charge in [0.05, 0.1) is 10.9 Å². The van der Waals surface area contributed by atoms with Gasteiger partial charge in [-0.3, -0.25) is 0 Å². The van der Waals surface area contributed by atoms with Gasteiger partial charge < -0.3 is 5.73 Å². The van der Waals surface area contributed by atoms with Gasteiger partial charge in [0.2, 0.25) is 10.0 Å². The molecule has 0 saturated carbocycles. The second-order valence-electron chi connectivity index (χ2n) is 5.88. The Morgan fingerprint density at radius 3 is 1.81 bits per heavy atom. The molecule has 4 nitrogen and oxygen atoms in total. The van der Waals surface area contributed by atoms with Crippen LogP contribution in [-0.2, 0) is 15.0 Å². The molecule has 3 aromatic rings. The maximum Gasteiger partial charge on any atom is 0.242 e. The van der Waals surface area contributed by atoms with Gasteiger partial charge in [0.15, 0.2) is 5.00 Å². The van der Waals surface area contributed by atoms with E-state index in [4.69, 9.17) is 17.3 Å². The summed E-state index contributed by atoms with van der Waals surface area (Å²) >= 11 is 6.87. The summed E-state index contributed by atoms with van der Waals surface area (Å²) in [5.41, 5.74) is 7.72. The molecule has 0 aliphatic carbocycles. The lowest BCUT2D eigenvalue weighted by molar-refractivity contribution is 0.452. The van der Waals surface area contributed by atoms with E-state index in [-0.39, 0.29) is 4.90 Å². The summed E-state index contributed by atoms with van der Waals surface area (Å²) in [5, 5.41) is 0. The number of hydrogen-bond acceptors (Lipinski definition) is 3. The molecule has 0 aliphatic heterocycles. The van der Waals surface area contributed by atoms with Crippen molar-refractivity contribution in [3.8, 4) is 0 Å². The summed E-state index contributed by atoms with van der Waals surface area (Å²) in [4.78, 5) is -1.42. The van der Waals surface area contributed by atoms with Gasteiger partial charge in [-0.05, 0) is 23.3 Å². The molecular weight excluding hydrogens is 368 g/mol. The summed E-state index contributed by atoms with van der Waals surface area (Å²) in [6.45, 7) is 0. The predicted octanol–water partition coefficient (Wildman–Crippen LogP) is 3.76. The molecule has 0 amide bonds. The van der Waals surface area contributed by atoms with Crippen LogP contribution in [0.1, 0.15) is 17.2 Å². The van der Waals surface area contributed by atoms with Gasteiger partial charge in [0, 0.05) is 0 Å². The SMILES string of the molecule is N[C@@H](c1ccccc1)[C@@](Cl)(NS(=O)(=O)c1ccccc1)c1ccccc1. The smallest absolute Gasteiger partial charge is 0.242 e. The maximum absolute atomic E-state index is 12.9. The van der Waals surface area contributed by atoms with Crippen molar-refractivity contribution >= 4 is 21.6 Å². The van der Waals surface area contributed by atoms with E-state index in [1.807, 2.05) is 36.4 Å². The normalized spacial score (nSPS) is 15.2. The Kier molecular flexibility index (Phi) is 5.44. The van der Waals surface area contributed by atoms with Crippen molar-refractivity contribution in [1.82, 2.24) is 4.72 Å². The third-order valence-corrected chi connectivity index (χ3v) is 6.26. The number of benzene rings is 3. The molecule has 0 heterocycles. The van der Waals surface area contributed by atoms with E-state index in [1.165, 1.54) is 12.1 Å². The van der Waals surface area contributed by atoms with E-state index >= 15 is 0 Å². The summed E-state index contributed by atoms with van der Waals surface area (Å²) in [6.07, 6.45) is 0. The summed E-state index contributed by atoms with van der Waals surface area (Å²) in [5.74, 6) is 0. The number of halogens is 1. The first-order valence-electron chi connectivity index (χ1n) is 8.07. The minimum Gasteiger partial charge on any atom is -0.321 e. The second kappa shape index (κ2) is 7.60. The molecule has 3 N–H and O–H groups in total. The Labute approximate surface area is 158 Å². The van der Waals surface area contributed by atoms with Crippen molar-refractivity contribution in [3.05, 3.63) is 102 Å². The highest BCUT2D eigenvalue weighted by molar-refractivity contribution is 7.89. The van der Waals surface area contributed by atoms with Crippen molar-refractivity contribution in [2.24, 2.45) is 5.73 Å². The van der Waals surface area contributed by atoms with Gasteiger partial charge in [-0.25, -0.2) is 8.42 Å². The zero-order valence-electron chi connectivity index (χ0n) is 13.9. The largest absolute Gasteiger partial charge is 0.321 e. The number of rotatable bonds is 6. The lowest BCUT2D eigenvalue weighted by Gasteiger charge is -2.34. The van der Waals surface area contributed by atoms with Crippen LogP contribution in [0, 0.1) is 0 Å². The van der Waals surface area contributed by atoms with Crippen molar-refractivity contribution in [2.75, 3.05) is 0 Å². The van der Waals surface area contributed by atoms with Gasteiger partial charge >= 0.3 is 0 Å². The van der Waals surface area contributed by atoms with E-state index in [0.717, 1.165) is 5.56 Å². The minimum absolute atomic E-state index is 0.126. The quantitative estimate of drug-likeness (QED) is 0.500. The first kappa shape index (κ1) is 18.6. The topological polar surface area (TPSA) is 72.2 Å². The molecule has 0 aromatic heterocycles. The summed E-state index contributed by atoms with van der Waals surface area (Å²) in [7, 11) is -3.88. The molecule has 0 fully saturated rings. The van der Waals surface area contributed by atoms with Crippen LogP contribution >= 0.6 is 11.6 Å². The number of nitrogens with two attached hydrogens (primary N) is 1. The molecule has 6 heteroatoms. The zero-order chi connectivity index (χ0) is 18.6. The molecule has 0 unspecified atom stereocenters. The molecule has 3 rings (SSSR count). The van der Waals surface area contributed by atoms with Crippen LogP contribution in [0.5, 0.6) is 0 Å². The van der Waals surface area contributed by atoms with E-state index in [9.17, 15) is 8.42 Å². The Morgan fingerprint density at radius 2 is 1.27 bits per heavy atom. The molecular formula is C20H19ClN2O2S. The number of sulfonamides is 1. The number of hydrogen-bond donors (Lipinski definition) is 2. The van der Waals surface area contributed by atoms with Crippen LogP contribution in [0.2, 0.25) is 0 Å². The second-order valence-corrected chi connectivity index (χ2v) is 8.16. The lowest BCUT2D eigenvalue weighted by Crippen LogP contribution is -2.48. The van der Waals surface area contributed by atoms with Crippen molar-refractivity contribution < 1.29 is 8.42 Å². The highest BCUT2D eigenvalue weighted by Crippen LogP contribution is 2.38. The fourth-order valence-electron chi connectivity index (χ4n) is 2.73. The maximum atomic E-state index is 12.9. The Hall–Kier alpha value is -2.18. The number of nitrogens with one attached hydrogen (secondary N) is 1. The van der Waals surface area contributed by atoms with Gasteiger partial charge in [-0.15, -0.1) is 0 Å². The third kappa shape index (κ3) is 3.81. The minimum atomic E-state index is -3.88. The van der Waals surface area contributed by atoms with E-state index in [1.54, 1.807) is 42.5 Å². The molecule has 2 atom stereocenters. The van der Waals surface area contributed by atoms with Crippen molar-refractivity contribution in [1.29, 1.82) is 0 Å². The van der Waals surface area contributed by atoms with Gasteiger partial charge in [-0.2, -0.15) is 4.72 Å². The van der Waals surface area contributed by atoms with E-state index < -0.39 is 21.1 Å². The average molecular weight is 387 g/mol. The highest BCUT2D eigenvalue weighted by Gasteiger charge is 2.41. The molecule has 0 saturated heterocycles. The standard InChI is InChI=1S/C20H19ClN2O2S/c21-20(17-12-6-2-7-13-17,19(22)16-10-4-1-5-11-16)23-26(24,25)18-14-8-3-9-15-18/h1-15,19,23H,22H2/t19-,20-/m0/s1. The Balaban J connectivity index is 2.07.